The molecule has 1 aromatic heterocycles. The van der Waals surface area contributed by atoms with E-state index in [0.29, 0.717) is 31.4 Å². The number of nitrogens with zero attached hydrogens (tertiary/aromatic N) is 3. The van der Waals surface area contributed by atoms with Gasteiger partial charge in [-0.1, -0.05) is 53.3 Å². The topological polar surface area (TPSA) is 93.7 Å². The zero-order valence-electron chi connectivity index (χ0n) is 18.4. The summed E-state index contributed by atoms with van der Waals surface area (Å²) in [5, 5.41) is 9.17. The van der Waals surface area contributed by atoms with Crippen LogP contribution < -0.4 is 19.6 Å². The molecule has 0 bridgehead atoms. The van der Waals surface area contributed by atoms with E-state index in [1.807, 2.05) is 18.2 Å². The number of thiazole rings is 1. The van der Waals surface area contributed by atoms with Crippen LogP contribution in [0.3, 0.4) is 0 Å². The lowest BCUT2D eigenvalue weighted by atomic mass is 9.96. The molecule has 1 atom stereocenters. The lowest BCUT2D eigenvalue weighted by Gasteiger charge is -2.25. The van der Waals surface area contributed by atoms with E-state index in [-0.39, 0.29) is 24.3 Å². The number of hydrogen-bond donors (Lipinski definition) is 0. The standard InChI is InChI=1S/C25H20ClN3O4S/c1-3-32-24(31)21-15(2)28-25-29(22(21)18-9-4-5-10-19(18)26)23(30)20(34-25)14-16-7-6-8-17(13-16)33-12-11-27/h4-10,13-14,22H,3,12H2,1-2H3/b20-14-/t22-/m0/s1. The van der Waals surface area contributed by atoms with E-state index in [1.54, 1.807) is 56.3 Å². The Morgan fingerprint density at radius 3 is 2.82 bits per heavy atom. The van der Waals surface area contributed by atoms with Gasteiger partial charge < -0.3 is 9.47 Å². The summed E-state index contributed by atoms with van der Waals surface area (Å²) in [6.07, 6.45) is 1.73. The molecule has 4 rings (SSSR count). The van der Waals surface area contributed by atoms with Crippen molar-refractivity contribution >= 4 is 35.0 Å². The van der Waals surface area contributed by atoms with Gasteiger partial charge in [-0.25, -0.2) is 9.79 Å². The number of rotatable bonds is 6. The molecule has 0 fully saturated rings. The minimum absolute atomic E-state index is 0.0701. The number of nitriles is 1. The van der Waals surface area contributed by atoms with Crippen molar-refractivity contribution in [3.8, 4) is 11.8 Å². The van der Waals surface area contributed by atoms with Crippen molar-refractivity contribution in [1.82, 2.24) is 4.57 Å². The van der Waals surface area contributed by atoms with E-state index >= 15 is 0 Å². The van der Waals surface area contributed by atoms with Gasteiger partial charge in [0.25, 0.3) is 5.56 Å². The average molecular weight is 494 g/mol. The number of carbonyl (C=O) groups excluding carboxylic acids is 1. The molecule has 172 valence electrons. The van der Waals surface area contributed by atoms with Gasteiger partial charge in [0, 0.05) is 5.02 Å². The monoisotopic (exact) mass is 493 g/mol. The minimum atomic E-state index is -0.767. The number of halogens is 1. The van der Waals surface area contributed by atoms with Crippen molar-refractivity contribution in [2.75, 3.05) is 13.2 Å². The molecular weight excluding hydrogens is 474 g/mol. The molecule has 7 nitrogen and oxygen atoms in total. The Balaban J connectivity index is 1.91. The first-order chi connectivity index (χ1) is 16.4. The summed E-state index contributed by atoms with van der Waals surface area (Å²) in [5.74, 6) is -0.0113. The van der Waals surface area contributed by atoms with Crippen LogP contribution in [0, 0.1) is 11.3 Å². The Morgan fingerprint density at radius 2 is 2.09 bits per heavy atom. The lowest BCUT2D eigenvalue weighted by molar-refractivity contribution is -0.139. The molecule has 2 aromatic carbocycles. The highest BCUT2D eigenvalue weighted by Gasteiger charge is 2.34. The van der Waals surface area contributed by atoms with Gasteiger partial charge in [-0.3, -0.25) is 9.36 Å². The molecule has 2 heterocycles. The summed E-state index contributed by atoms with van der Waals surface area (Å²) in [7, 11) is 0. The smallest absolute Gasteiger partial charge is 0.338 e. The maximum Gasteiger partial charge on any atom is 0.338 e. The predicted octanol–water partition coefficient (Wildman–Crippen LogP) is 3.35. The molecule has 0 aliphatic carbocycles. The summed E-state index contributed by atoms with van der Waals surface area (Å²) in [6, 6.07) is 15.4. The highest BCUT2D eigenvalue weighted by atomic mass is 35.5. The summed E-state index contributed by atoms with van der Waals surface area (Å²) < 4.78 is 12.6. The molecule has 1 aliphatic heterocycles. The third-order valence-electron chi connectivity index (χ3n) is 5.18. The van der Waals surface area contributed by atoms with Crippen LogP contribution in [0.15, 0.2) is 69.6 Å². The highest BCUT2D eigenvalue weighted by molar-refractivity contribution is 7.07. The maximum atomic E-state index is 13.6. The number of fused-ring (bicyclic) bond motifs is 1. The van der Waals surface area contributed by atoms with Gasteiger partial charge in [-0.2, -0.15) is 5.26 Å². The Kier molecular flexibility index (Phi) is 6.96. The van der Waals surface area contributed by atoms with Gasteiger partial charge in [0.15, 0.2) is 11.4 Å². The third-order valence-corrected chi connectivity index (χ3v) is 6.50. The summed E-state index contributed by atoms with van der Waals surface area (Å²) >= 11 is 7.73. The second-order valence-electron chi connectivity index (χ2n) is 7.34. The quantitative estimate of drug-likeness (QED) is 0.491. The molecule has 0 saturated heterocycles. The SMILES string of the molecule is CCOC(=O)C1=C(C)N=c2s/c(=C\c3cccc(OCC#N)c3)c(=O)n2[C@H]1c1ccccc1Cl. The van der Waals surface area contributed by atoms with Gasteiger partial charge in [0.1, 0.15) is 17.9 Å². The first kappa shape index (κ1) is 23.5. The Hall–Kier alpha value is -3.67. The molecular formula is C25H20ClN3O4S. The number of hydrogen-bond acceptors (Lipinski definition) is 7. The Morgan fingerprint density at radius 1 is 1.29 bits per heavy atom. The van der Waals surface area contributed by atoms with E-state index < -0.39 is 12.0 Å². The van der Waals surface area contributed by atoms with E-state index in [1.165, 1.54) is 15.9 Å². The molecule has 0 unspecified atom stereocenters. The predicted molar refractivity (Wildman–Crippen MR) is 129 cm³/mol. The van der Waals surface area contributed by atoms with Gasteiger partial charge in [0.05, 0.1) is 22.4 Å². The fourth-order valence-electron chi connectivity index (χ4n) is 3.74. The molecule has 0 amide bonds. The van der Waals surface area contributed by atoms with E-state index in [4.69, 9.17) is 26.3 Å². The van der Waals surface area contributed by atoms with Crippen molar-refractivity contribution in [3.05, 3.63) is 95.6 Å². The fraction of sp³-hybridized carbons (Fsp3) is 0.200. The zero-order chi connectivity index (χ0) is 24.2. The largest absolute Gasteiger partial charge is 0.479 e. The van der Waals surface area contributed by atoms with Crippen LogP contribution in [0.4, 0.5) is 0 Å². The first-order valence-corrected chi connectivity index (χ1v) is 11.7. The Labute approximate surface area is 204 Å². The fourth-order valence-corrected chi connectivity index (χ4v) is 5.03. The van der Waals surface area contributed by atoms with Crippen molar-refractivity contribution in [3.63, 3.8) is 0 Å². The molecule has 0 radical (unpaired) electrons. The van der Waals surface area contributed by atoms with Crippen LogP contribution in [0.1, 0.15) is 31.0 Å². The summed E-state index contributed by atoms with van der Waals surface area (Å²) in [6.45, 7) is 3.57. The van der Waals surface area contributed by atoms with E-state index in [9.17, 15) is 9.59 Å². The number of carbonyl (C=O) groups is 1. The second-order valence-corrected chi connectivity index (χ2v) is 8.76. The first-order valence-electron chi connectivity index (χ1n) is 10.5. The zero-order valence-corrected chi connectivity index (χ0v) is 20.0. The number of allylic oxidation sites excluding steroid dienone is 1. The van der Waals surface area contributed by atoms with Crippen LogP contribution in [0.5, 0.6) is 5.75 Å². The van der Waals surface area contributed by atoms with Gasteiger partial charge >= 0.3 is 5.97 Å². The van der Waals surface area contributed by atoms with Crippen molar-refractivity contribution in [1.29, 1.82) is 5.26 Å². The lowest BCUT2D eigenvalue weighted by Crippen LogP contribution is -2.40. The molecule has 3 aromatic rings. The van der Waals surface area contributed by atoms with Gasteiger partial charge in [-0.05, 0) is 49.2 Å². The second kappa shape index (κ2) is 10.1. The third kappa shape index (κ3) is 4.53. The van der Waals surface area contributed by atoms with Crippen LogP contribution in [-0.4, -0.2) is 23.8 Å². The van der Waals surface area contributed by atoms with Crippen molar-refractivity contribution in [2.45, 2.75) is 19.9 Å². The van der Waals surface area contributed by atoms with Crippen LogP contribution >= 0.6 is 22.9 Å². The van der Waals surface area contributed by atoms with Crippen LogP contribution in [0.25, 0.3) is 6.08 Å². The molecule has 9 heteroatoms. The average Bonchev–Trinajstić information content (AvgIpc) is 3.12. The van der Waals surface area contributed by atoms with Crippen molar-refractivity contribution in [2.24, 2.45) is 4.99 Å². The summed E-state index contributed by atoms with van der Waals surface area (Å²) in [5.41, 5.74) is 1.80. The molecule has 0 spiro atoms. The number of aromatic nitrogens is 1. The maximum absolute atomic E-state index is 13.6. The number of esters is 1. The highest BCUT2D eigenvalue weighted by Crippen LogP contribution is 2.34. The number of ether oxygens (including phenoxy) is 2. The van der Waals surface area contributed by atoms with Crippen molar-refractivity contribution < 1.29 is 14.3 Å². The normalized spacial score (nSPS) is 15.4. The minimum Gasteiger partial charge on any atom is -0.479 e. The Bertz CT molecular complexity index is 1510. The molecule has 0 saturated carbocycles. The van der Waals surface area contributed by atoms with Gasteiger partial charge in [-0.15, -0.1) is 0 Å². The van der Waals surface area contributed by atoms with Gasteiger partial charge in [0.2, 0.25) is 0 Å². The molecule has 1 aliphatic rings. The van der Waals surface area contributed by atoms with Crippen LogP contribution in [-0.2, 0) is 9.53 Å². The molecule has 0 N–H and O–H groups in total. The van der Waals surface area contributed by atoms with E-state index in [0.717, 1.165) is 5.56 Å². The summed E-state index contributed by atoms with van der Waals surface area (Å²) in [4.78, 5) is 31.5. The van der Waals surface area contributed by atoms with E-state index in [2.05, 4.69) is 4.99 Å². The van der Waals surface area contributed by atoms with Crippen LogP contribution in [0.2, 0.25) is 5.02 Å². The molecule has 34 heavy (non-hydrogen) atoms. The number of benzene rings is 2.